The number of carbonyl (C=O) groups is 3. The topological polar surface area (TPSA) is 106 Å². The van der Waals surface area contributed by atoms with Gasteiger partial charge in [0.05, 0.1) is 23.4 Å². The van der Waals surface area contributed by atoms with Gasteiger partial charge in [0, 0.05) is 33.4 Å². The number of halogens is 4. The molecule has 3 amide bonds. The smallest absolute Gasteiger partial charge is 0.425 e. The highest BCUT2D eigenvalue weighted by atomic mass is 79.9. The summed E-state index contributed by atoms with van der Waals surface area (Å²) in [5.74, 6) is -0.852. The van der Waals surface area contributed by atoms with E-state index >= 15 is 0 Å². The summed E-state index contributed by atoms with van der Waals surface area (Å²) in [5, 5.41) is 4.21. The van der Waals surface area contributed by atoms with E-state index in [1.54, 1.807) is 30.6 Å². The van der Waals surface area contributed by atoms with Crippen molar-refractivity contribution in [2.75, 3.05) is 19.5 Å². The number of anilines is 1. The lowest BCUT2D eigenvalue weighted by Crippen LogP contribution is -2.43. The Labute approximate surface area is 215 Å². The number of benzene rings is 1. The van der Waals surface area contributed by atoms with Crippen LogP contribution in [0, 0.1) is 0 Å². The molecule has 3 aromatic rings. The van der Waals surface area contributed by atoms with Crippen molar-refractivity contribution in [1.82, 2.24) is 20.0 Å². The van der Waals surface area contributed by atoms with Crippen LogP contribution in [-0.4, -0.2) is 46.6 Å². The minimum absolute atomic E-state index is 0.0228. The molecule has 2 aromatic heterocycles. The van der Waals surface area contributed by atoms with E-state index in [2.05, 4.69) is 52.3 Å². The second-order valence-corrected chi connectivity index (χ2v) is 9.07. The van der Waals surface area contributed by atoms with E-state index in [9.17, 15) is 14.4 Å². The zero-order valence-electron chi connectivity index (χ0n) is 17.0. The number of pyridine rings is 1. The SMILES string of the molecule is COC(=O)NN(C)C(=O)c1cc(Cl)cc(Br)c1NC(=O)c1cc(Br)cn1-c1ncccc1Cl. The molecule has 0 atom stereocenters. The highest BCUT2D eigenvalue weighted by Crippen LogP contribution is 2.32. The van der Waals surface area contributed by atoms with Gasteiger partial charge in [0.2, 0.25) is 0 Å². The monoisotopic (exact) mass is 617 g/mol. The van der Waals surface area contributed by atoms with Crippen LogP contribution in [0.25, 0.3) is 5.82 Å². The van der Waals surface area contributed by atoms with Gasteiger partial charge in [-0.05, 0) is 62.2 Å². The molecular formula is C20H15Br2Cl2N5O4. The Morgan fingerprint density at radius 3 is 2.58 bits per heavy atom. The van der Waals surface area contributed by atoms with E-state index in [-0.39, 0.29) is 22.0 Å². The lowest BCUT2D eigenvalue weighted by molar-refractivity contribution is 0.0691. The molecule has 172 valence electrons. The van der Waals surface area contributed by atoms with E-state index in [1.165, 1.54) is 23.7 Å². The van der Waals surface area contributed by atoms with Gasteiger partial charge in [-0.25, -0.2) is 15.2 Å². The fraction of sp³-hybridized carbons (Fsp3) is 0.100. The molecule has 1 aromatic carbocycles. The first-order chi connectivity index (χ1) is 15.6. The summed E-state index contributed by atoms with van der Waals surface area (Å²) >= 11 is 19.1. The van der Waals surface area contributed by atoms with E-state index in [4.69, 9.17) is 23.2 Å². The normalized spacial score (nSPS) is 10.5. The van der Waals surface area contributed by atoms with Gasteiger partial charge in [0.25, 0.3) is 11.8 Å². The van der Waals surface area contributed by atoms with Crippen LogP contribution >= 0.6 is 55.1 Å². The summed E-state index contributed by atoms with van der Waals surface area (Å²) < 4.78 is 6.98. The maximum atomic E-state index is 13.2. The maximum Gasteiger partial charge on any atom is 0.425 e. The Balaban J connectivity index is 2.00. The van der Waals surface area contributed by atoms with E-state index in [0.29, 0.717) is 19.8 Å². The molecule has 0 unspecified atom stereocenters. The number of hydrazine groups is 1. The fourth-order valence-electron chi connectivity index (χ4n) is 2.80. The number of nitrogens with one attached hydrogen (secondary N) is 2. The molecule has 0 bridgehead atoms. The Bertz CT molecular complexity index is 1250. The van der Waals surface area contributed by atoms with Crippen LogP contribution in [0.5, 0.6) is 0 Å². The number of methoxy groups -OCH3 is 1. The van der Waals surface area contributed by atoms with Gasteiger partial charge in [-0.15, -0.1) is 0 Å². The molecule has 33 heavy (non-hydrogen) atoms. The Kier molecular flexibility index (Phi) is 8.01. The summed E-state index contributed by atoms with van der Waals surface area (Å²) in [6.07, 6.45) is 2.35. The van der Waals surface area contributed by atoms with Gasteiger partial charge in [-0.3, -0.25) is 19.2 Å². The first kappa shape index (κ1) is 25.0. The lowest BCUT2D eigenvalue weighted by atomic mass is 10.1. The zero-order valence-corrected chi connectivity index (χ0v) is 21.7. The second kappa shape index (κ2) is 10.6. The third-order valence-electron chi connectivity index (χ3n) is 4.26. The van der Waals surface area contributed by atoms with E-state index < -0.39 is 17.9 Å². The van der Waals surface area contributed by atoms with Gasteiger partial charge in [-0.2, -0.15) is 0 Å². The standard InChI is InChI=1S/C20H15Br2Cl2N5O4/c1-28(27-20(32)33-2)19(31)12-7-11(23)8-13(22)16(12)26-18(30)15-6-10(21)9-29(15)17-14(24)4-3-5-25-17/h3-9H,1-2H3,(H,26,30)(H,27,32). The quantitative estimate of drug-likeness (QED) is 0.386. The van der Waals surface area contributed by atoms with Gasteiger partial charge in [0.15, 0.2) is 5.82 Å². The molecule has 0 aliphatic heterocycles. The highest BCUT2D eigenvalue weighted by molar-refractivity contribution is 9.10. The van der Waals surface area contributed by atoms with Crippen LogP contribution in [0.1, 0.15) is 20.8 Å². The molecule has 0 radical (unpaired) electrons. The van der Waals surface area contributed by atoms with Crippen LogP contribution in [0.15, 0.2) is 51.7 Å². The molecule has 2 heterocycles. The molecule has 13 heteroatoms. The van der Waals surface area contributed by atoms with Gasteiger partial charge >= 0.3 is 6.09 Å². The summed E-state index contributed by atoms with van der Waals surface area (Å²) in [6, 6.07) is 7.79. The summed E-state index contributed by atoms with van der Waals surface area (Å²) in [5.41, 5.74) is 2.60. The number of rotatable bonds is 4. The van der Waals surface area contributed by atoms with Crippen molar-refractivity contribution in [3.8, 4) is 5.82 Å². The highest BCUT2D eigenvalue weighted by Gasteiger charge is 2.24. The minimum atomic E-state index is -0.840. The molecule has 2 N–H and O–H groups in total. The average molecular weight is 620 g/mol. The van der Waals surface area contributed by atoms with E-state index in [1.807, 2.05) is 0 Å². The lowest BCUT2D eigenvalue weighted by Gasteiger charge is -2.20. The van der Waals surface area contributed by atoms with Crippen molar-refractivity contribution >= 4 is 78.7 Å². The molecule has 0 fully saturated rings. The Morgan fingerprint density at radius 1 is 1.18 bits per heavy atom. The predicted octanol–water partition coefficient (Wildman–Crippen LogP) is 5.30. The number of carbonyl (C=O) groups excluding carboxylic acids is 3. The minimum Gasteiger partial charge on any atom is -0.452 e. The number of ether oxygens (including phenoxy) is 1. The van der Waals surface area contributed by atoms with Gasteiger partial charge in [-0.1, -0.05) is 23.2 Å². The number of nitrogens with zero attached hydrogens (tertiary/aromatic N) is 3. The number of aromatic nitrogens is 2. The molecule has 0 saturated carbocycles. The molecule has 0 saturated heterocycles. The largest absolute Gasteiger partial charge is 0.452 e. The molecule has 9 nitrogen and oxygen atoms in total. The van der Waals surface area contributed by atoms with Crippen molar-refractivity contribution in [2.24, 2.45) is 0 Å². The molecule has 0 aliphatic carbocycles. The first-order valence-corrected chi connectivity index (χ1v) is 11.4. The number of amides is 3. The number of hydrogen-bond acceptors (Lipinski definition) is 5. The Morgan fingerprint density at radius 2 is 1.91 bits per heavy atom. The van der Waals surface area contributed by atoms with E-state index in [0.717, 1.165) is 12.1 Å². The second-order valence-electron chi connectivity index (χ2n) is 6.45. The van der Waals surface area contributed by atoms with Crippen LogP contribution in [-0.2, 0) is 4.74 Å². The summed E-state index contributed by atoms with van der Waals surface area (Å²) in [7, 11) is 2.49. The van der Waals surface area contributed by atoms with Crippen LogP contribution in [0.3, 0.4) is 0 Å². The first-order valence-electron chi connectivity index (χ1n) is 9.04. The van der Waals surface area contributed by atoms with Crippen LogP contribution in [0.4, 0.5) is 10.5 Å². The van der Waals surface area contributed by atoms with Gasteiger partial charge < -0.3 is 10.1 Å². The van der Waals surface area contributed by atoms with Gasteiger partial charge in [0.1, 0.15) is 5.69 Å². The third-order valence-corrected chi connectivity index (χ3v) is 5.83. The van der Waals surface area contributed by atoms with Crippen LogP contribution in [0.2, 0.25) is 10.0 Å². The van der Waals surface area contributed by atoms with Crippen molar-refractivity contribution < 1.29 is 19.1 Å². The van der Waals surface area contributed by atoms with Crippen molar-refractivity contribution in [1.29, 1.82) is 0 Å². The number of hydrogen-bond donors (Lipinski definition) is 2. The predicted molar refractivity (Wildman–Crippen MR) is 131 cm³/mol. The fourth-order valence-corrected chi connectivity index (χ4v) is 4.34. The van der Waals surface area contributed by atoms with Crippen LogP contribution < -0.4 is 10.7 Å². The summed E-state index contributed by atoms with van der Waals surface area (Å²) in [4.78, 5) is 41.9. The molecular weight excluding hydrogens is 605 g/mol. The molecule has 0 spiro atoms. The Hall–Kier alpha value is -2.60. The summed E-state index contributed by atoms with van der Waals surface area (Å²) in [6.45, 7) is 0. The molecule has 0 aliphatic rings. The van der Waals surface area contributed by atoms with Crippen molar-refractivity contribution in [3.05, 3.63) is 73.0 Å². The third kappa shape index (κ3) is 5.67. The molecule has 3 rings (SSSR count). The van der Waals surface area contributed by atoms with Crippen molar-refractivity contribution in [3.63, 3.8) is 0 Å². The average Bonchev–Trinajstić information content (AvgIpc) is 3.16. The van der Waals surface area contributed by atoms with Crippen molar-refractivity contribution in [2.45, 2.75) is 0 Å². The zero-order chi connectivity index (χ0) is 24.3. The maximum absolute atomic E-state index is 13.2.